The maximum absolute atomic E-state index is 12.9. The highest BCUT2D eigenvalue weighted by Crippen LogP contribution is 2.38. The van der Waals surface area contributed by atoms with Crippen molar-refractivity contribution in [2.45, 2.75) is 392 Å². The van der Waals surface area contributed by atoms with E-state index >= 15 is 0 Å². The second-order valence-corrected chi connectivity index (χ2v) is 28.8. The Labute approximate surface area is 547 Å². The molecule has 0 aromatic heterocycles. The Morgan fingerprint density at radius 2 is 0.648 bits per heavy atom. The molecular formula is C78H148NO8P. The van der Waals surface area contributed by atoms with E-state index in [1.807, 2.05) is 21.1 Å². The van der Waals surface area contributed by atoms with Gasteiger partial charge in [0.15, 0.2) is 6.10 Å². The summed E-state index contributed by atoms with van der Waals surface area (Å²) in [7, 11) is 1.18. The molecule has 0 amide bonds. The van der Waals surface area contributed by atoms with Gasteiger partial charge in [-0.1, -0.05) is 371 Å². The van der Waals surface area contributed by atoms with E-state index in [0.29, 0.717) is 17.4 Å². The molecule has 0 heterocycles. The lowest BCUT2D eigenvalue weighted by Crippen LogP contribution is -2.37. The molecule has 9 nitrogen and oxygen atoms in total. The predicted octanol–water partition coefficient (Wildman–Crippen LogP) is 24.5. The van der Waals surface area contributed by atoms with Crippen LogP contribution in [0.25, 0.3) is 0 Å². The average Bonchev–Trinajstić information content (AvgIpc) is 3.57. The van der Waals surface area contributed by atoms with Crippen molar-refractivity contribution < 1.29 is 42.1 Å². The molecule has 0 aliphatic carbocycles. The lowest BCUT2D eigenvalue weighted by molar-refractivity contribution is -0.870. The summed E-state index contributed by atoms with van der Waals surface area (Å²) in [5.74, 6) is -0.817. The second-order valence-electron chi connectivity index (χ2n) is 27.4. The quantitative estimate of drug-likeness (QED) is 0.0195. The van der Waals surface area contributed by atoms with Crippen molar-refractivity contribution in [2.75, 3.05) is 47.5 Å². The molecule has 0 fully saturated rings. The molecule has 0 aliphatic heterocycles. The van der Waals surface area contributed by atoms with Crippen LogP contribution < -0.4 is 4.89 Å². The monoisotopic (exact) mass is 1260 g/mol. The molecule has 0 spiro atoms. The first-order valence-electron chi connectivity index (χ1n) is 38.3. The van der Waals surface area contributed by atoms with Crippen LogP contribution in [-0.2, 0) is 32.7 Å². The topological polar surface area (TPSA) is 111 Å². The Morgan fingerprint density at radius 3 is 0.966 bits per heavy atom. The zero-order valence-electron chi connectivity index (χ0n) is 59.2. The van der Waals surface area contributed by atoms with Crippen LogP contribution in [0.3, 0.4) is 0 Å². The number of phosphoric ester groups is 1. The smallest absolute Gasteiger partial charge is 0.306 e. The third kappa shape index (κ3) is 73.0. The van der Waals surface area contributed by atoms with E-state index in [9.17, 15) is 19.0 Å². The Hall–Kier alpha value is -2.03. The Morgan fingerprint density at radius 1 is 0.364 bits per heavy atom. The van der Waals surface area contributed by atoms with Crippen molar-refractivity contribution in [2.24, 2.45) is 0 Å². The molecule has 0 saturated heterocycles. The first-order valence-corrected chi connectivity index (χ1v) is 39.8. The molecule has 0 rings (SSSR count). The summed E-state index contributed by atoms with van der Waals surface area (Å²) in [5, 5.41) is 0. The predicted molar refractivity (Wildman–Crippen MR) is 379 cm³/mol. The molecular weight excluding hydrogens is 1110 g/mol. The number of esters is 2. The fraction of sp³-hybridized carbons (Fsp3) is 0.872. The number of ether oxygens (including phenoxy) is 2. The van der Waals surface area contributed by atoms with E-state index in [4.69, 9.17) is 18.5 Å². The summed E-state index contributed by atoms with van der Waals surface area (Å²) in [6.45, 7) is 4.19. The van der Waals surface area contributed by atoms with Gasteiger partial charge in [-0.3, -0.25) is 14.2 Å². The van der Waals surface area contributed by atoms with E-state index in [1.165, 1.54) is 289 Å². The Balaban J connectivity index is 3.89. The van der Waals surface area contributed by atoms with E-state index in [0.717, 1.165) is 64.2 Å². The number of allylic oxidation sites excluding steroid dienone is 8. The lowest BCUT2D eigenvalue weighted by Gasteiger charge is -2.28. The minimum absolute atomic E-state index is 0.0300. The first kappa shape index (κ1) is 86.0. The fourth-order valence-electron chi connectivity index (χ4n) is 11.5. The van der Waals surface area contributed by atoms with E-state index in [2.05, 4.69) is 62.5 Å². The number of hydrogen-bond acceptors (Lipinski definition) is 8. The zero-order valence-corrected chi connectivity index (χ0v) is 60.1. The largest absolute Gasteiger partial charge is 0.756 e. The number of unbranched alkanes of at least 4 members (excludes halogenated alkanes) is 50. The highest BCUT2D eigenvalue weighted by atomic mass is 31.2. The summed E-state index contributed by atoms with van der Waals surface area (Å²) in [4.78, 5) is 38.1. The van der Waals surface area contributed by atoms with Crippen LogP contribution in [0.1, 0.15) is 386 Å². The summed E-state index contributed by atoms with van der Waals surface area (Å²) >= 11 is 0. The molecule has 0 aromatic rings. The average molecular weight is 1260 g/mol. The van der Waals surface area contributed by atoms with Crippen molar-refractivity contribution >= 4 is 19.8 Å². The molecule has 2 unspecified atom stereocenters. The normalized spacial score (nSPS) is 13.3. The minimum atomic E-state index is -4.64. The van der Waals surface area contributed by atoms with Crippen LogP contribution in [-0.4, -0.2) is 70.0 Å². The van der Waals surface area contributed by atoms with Crippen LogP contribution in [0.4, 0.5) is 0 Å². The number of hydrogen-bond donors (Lipinski definition) is 0. The number of nitrogens with zero attached hydrogens (tertiary/aromatic N) is 1. The molecule has 0 radical (unpaired) electrons. The highest BCUT2D eigenvalue weighted by Gasteiger charge is 2.22. The summed E-state index contributed by atoms with van der Waals surface area (Å²) in [5.41, 5.74) is 0. The minimum Gasteiger partial charge on any atom is -0.756 e. The van der Waals surface area contributed by atoms with Crippen LogP contribution in [0.5, 0.6) is 0 Å². The standard InChI is InChI=1S/C78H148NO8P/c1-6-8-10-12-14-16-18-20-22-24-26-28-30-32-33-34-35-36-37-38-39-40-41-42-43-44-45-47-48-50-52-54-56-58-60-62-64-66-68-70-77(80)84-74-76(75-86-88(82,83)85-73-72-79(3,4)5)87-78(81)71-69-67-65-63-61-59-57-55-53-51-49-46-31-29-27-25-23-21-19-17-15-13-11-9-7-2/h9,11,15,17,21,23,27,29,76H,6-8,10,12-14,16,18-20,22,24-26,28,30-75H2,1-5H3/b11-9-,17-15-,23-21-,29-27-. The fourth-order valence-corrected chi connectivity index (χ4v) is 12.3. The van der Waals surface area contributed by atoms with Gasteiger partial charge in [0.05, 0.1) is 27.7 Å². The molecule has 0 saturated carbocycles. The van der Waals surface area contributed by atoms with Gasteiger partial charge >= 0.3 is 11.9 Å². The van der Waals surface area contributed by atoms with Gasteiger partial charge in [0.2, 0.25) is 0 Å². The molecule has 518 valence electrons. The SMILES string of the molecule is CC/C=C\C/C=C\C/C=C\C/C=C\CCCCCCCCCCCCCCC(=O)OC(COC(=O)CCCCCCCCCCCCCCCCCCCCCCCCCCCCCCCCCCCCCCCCC)COP(=O)([O-])OCC[N+](C)(C)C. The third-order valence-electron chi connectivity index (χ3n) is 17.4. The number of phosphoric acid groups is 1. The number of carbonyl (C=O) groups is 2. The molecule has 0 N–H and O–H groups in total. The van der Waals surface area contributed by atoms with Gasteiger partial charge in [0.1, 0.15) is 19.8 Å². The van der Waals surface area contributed by atoms with Crippen molar-refractivity contribution in [1.29, 1.82) is 0 Å². The van der Waals surface area contributed by atoms with E-state index in [1.54, 1.807) is 0 Å². The molecule has 88 heavy (non-hydrogen) atoms. The van der Waals surface area contributed by atoms with Crippen molar-refractivity contribution in [3.05, 3.63) is 48.6 Å². The number of carbonyl (C=O) groups excluding carboxylic acids is 2. The van der Waals surface area contributed by atoms with Crippen LogP contribution in [0.2, 0.25) is 0 Å². The third-order valence-corrected chi connectivity index (χ3v) is 18.3. The molecule has 0 aliphatic rings. The van der Waals surface area contributed by atoms with Gasteiger partial charge in [-0.25, -0.2) is 0 Å². The van der Waals surface area contributed by atoms with Crippen LogP contribution in [0.15, 0.2) is 48.6 Å². The number of rotatable bonds is 72. The zero-order chi connectivity index (χ0) is 64.1. The summed E-state index contributed by atoms with van der Waals surface area (Å²) in [6, 6.07) is 0. The van der Waals surface area contributed by atoms with Crippen molar-refractivity contribution in [3.8, 4) is 0 Å². The van der Waals surface area contributed by atoms with Gasteiger partial charge in [-0.05, 0) is 51.4 Å². The molecule has 0 aromatic carbocycles. The van der Waals surface area contributed by atoms with Gasteiger partial charge in [0, 0.05) is 12.8 Å². The van der Waals surface area contributed by atoms with E-state index in [-0.39, 0.29) is 32.0 Å². The summed E-state index contributed by atoms with van der Waals surface area (Å²) in [6.07, 6.45) is 90.9. The van der Waals surface area contributed by atoms with Gasteiger partial charge < -0.3 is 27.9 Å². The molecule has 10 heteroatoms. The maximum Gasteiger partial charge on any atom is 0.306 e. The van der Waals surface area contributed by atoms with Gasteiger partial charge in [0.25, 0.3) is 7.82 Å². The van der Waals surface area contributed by atoms with Crippen molar-refractivity contribution in [1.82, 2.24) is 0 Å². The van der Waals surface area contributed by atoms with Gasteiger partial charge in [-0.2, -0.15) is 0 Å². The highest BCUT2D eigenvalue weighted by molar-refractivity contribution is 7.45. The Bertz CT molecular complexity index is 1620. The maximum atomic E-state index is 12.9. The second kappa shape index (κ2) is 69.3. The number of quaternary nitrogens is 1. The number of likely N-dealkylation sites (N-methyl/N-ethyl adjacent to an activating group) is 1. The van der Waals surface area contributed by atoms with E-state index < -0.39 is 26.5 Å². The molecule has 2 atom stereocenters. The van der Waals surface area contributed by atoms with Gasteiger partial charge in [-0.15, -0.1) is 0 Å². The Kier molecular flexibility index (Phi) is 67.7. The summed E-state index contributed by atoms with van der Waals surface area (Å²) < 4.78 is 34.4. The lowest BCUT2D eigenvalue weighted by atomic mass is 10.0. The molecule has 0 bridgehead atoms. The van der Waals surface area contributed by atoms with Crippen LogP contribution in [0, 0.1) is 0 Å². The first-order chi connectivity index (χ1) is 43.0. The van der Waals surface area contributed by atoms with Crippen molar-refractivity contribution in [3.63, 3.8) is 0 Å². The van der Waals surface area contributed by atoms with Crippen LogP contribution >= 0.6 is 7.82 Å².